The van der Waals surface area contributed by atoms with Crippen LogP contribution in [0.5, 0.6) is 0 Å². The molecule has 0 bridgehead atoms. The third-order valence-corrected chi connectivity index (χ3v) is 5.42. The van der Waals surface area contributed by atoms with Gasteiger partial charge in [0.05, 0.1) is 6.42 Å². The molecule has 1 fully saturated rings. The first-order chi connectivity index (χ1) is 13.6. The van der Waals surface area contributed by atoms with Crippen LogP contribution in [0.4, 0.5) is 11.4 Å². The second-order valence-corrected chi connectivity index (χ2v) is 7.27. The van der Waals surface area contributed by atoms with Crippen molar-refractivity contribution in [1.82, 2.24) is 10.1 Å². The molecule has 1 aromatic heterocycles. The summed E-state index contributed by atoms with van der Waals surface area (Å²) in [6.45, 7) is 9.70. The van der Waals surface area contributed by atoms with Crippen molar-refractivity contribution in [2.45, 2.75) is 20.3 Å². The summed E-state index contributed by atoms with van der Waals surface area (Å²) in [4.78, 5) is 17.4. The van der Waals surface area contributed by atoms with Gasteiger partial charge in [0.2, 0.25) is 5.91 Å². The molecule has 1 saturated heterocycles. The highest BCUT2D eigenvalue weighted by atomic mass is 16.5. The molecule has 0 radical (unpaired) electrons. The molecule has 1 N–H and O–H groups in total. The van der Waals surface area contributed by atoms with E-state index in [9.17, 15) is 4.79 Å². The second-order valence-electron chi connectivity index (χ2n) is 7.27. The molecule has 6 heteroatoms. The number of para-hydroxylation sites is 1. The van der Waals surface area contributed by atoms with Gasteiger partial charge < -0.3 is 19.6 Å². The molecular formula is C22H26N4O2. The molecule has 28 heavy (non-hydrogen) atoms. The number of fused-ring (bicyclic) bond motifs is 1. The molecule has 0 atom stereocenters. The Morgan fingerprint density at radius 3 is 2.68 bits per heavy atom. The van der Waals surface area contributed by atoms with E-state index in [1.807, 2.05) is 36.4 Å². The van der Waals surface area contributed by atoms with Crippen LogP contribution >= 0.6 is 0 Å². The minimum absolute atomic E-state index is 0.0947. The summed E-state index contributed by atoms with van der Waals surface area (Å²) in [5, 5.41) is 7.91. The average Bonchev–Trinajstić information content (AvgIpc) is 3.11. The minimum atomic E-state index is -0.0947. The van der Waals surface area contributed by atoms with E-state index in [0.29, 0.717) is 11.3 Å². The fraction of sp³-hybridized carbons (Fsp3) is 0.364. The van der Waals surface area contributed by atoms with Crippen molar-refractivity contribution in [1.29, 1.82) is 0 Å². The molecule has 0 aliphatic carbocycles. The number of likely N-dealkylation sites (N-methyl/N-ethyl adjacent to an activating group) is 1. The topological polar surface area (TPSA) is 61.6 Å². The van der Waals surface area contributed by atoms with E-state index in [0.717, 1.165) is 43.8 Å². The van der Waals surface area contributed by atoms with E-state index in [4.69, 9.17) is 4.52 Å². The SMILES string of the molecule is CCN1CCN(c2ccc(NC(=O)Cc3noc4ccccc34)cc2C)CC1. The number of amides is 1. The number of carbonyl (C=O) groups is 1. The third kappa shape index (κ3) is 3.87. The summed E-state index contributed by atoms with van der Waals surface area (Å²) in [5.74, 6) is -0.0947. The molecule has 1 aliphatic rings. The lowest BCUT2D eigenvalue weighted by Gasteiger charge is -2.36. The molecule has 2 heterocycles. The maximum Gasteiger partial charge on any atom is 0.230 e. The summed E-state index contributed by atoms with van der Waals surface area (Å²) >= 11 is 0. The number of hydrogen-bond acceptors (Lipinski definition) is 5. The third-order valence-electron chi connectivity index (χ3n) is 5.42. The van der Waals surface area contributed by atoms with Crippen LogP contribution in [0.1, 0.15) is 18.2 Å². The van der Waals surface area contributed by atoms with E-state index in [1.54, 1.807) is 0 Å². The number of hydrogen-bond donors (Lipinski definition) is 1. The maximum atomic E-state index is 12.5. The zero-order valence-electron chi connectivity index (χ0n) is 16.4. The predicted molar refractivity (Wildman–Crippen MR) is 112 cm³/mol. The summed E-state index contributed by atoms with van der Waals surface area (Å²) in [7, 11) is 0. The van der Waals surface area contributed by atoms with Gasteiger partial charge in [-0.15, -0.1) is 0 Å². The van der Waals surface area contributed by atoms with Crippen molar-refractivity contribution in [2.75, 3.05) is 42.9 Å². The number of carbonyl (C=O) groups excluding carboxylic acids is 1. The standard InChI is InChI=1S/C22H26N4O2/c1-3-25-10-12-26(13-11-25)20-9-8-17(14-16(20)2)23-22(27)15-19-18-6-4-5-7-21(18)28-24-19/h4-9,14H,3,10-13,15H2,1-2H3,(H,23,27). The molecule has 3 aromatic rings. The van der Waals surface area contributed by atoms with Gasteiger partial charge in [0.25, 0.3) is 0 Å². The molecule has 0 saturated carbocycles. The lowest BCUT2D eigenvalue weighted by molar-refractivity contribution is -0.115. The highest BCUT2D eigenvalue weighted by molar-refractivity contribution is 5.95. The number of anilines is 2. The van der Waals surface area contributed by atoms with Crippen LogP contribution in [0.25, 0.3) is 11.0 Å². The number of nitrogens with zero attached hydrogens (tertiary/aromatic N) is 3. The van der Waals surface area contributed by atoms with Crippen LogP contribution in [0.3, 0.4) is 0 Å². The zero-order chi connectivity index (χ0) is 19.5. The zero-order valence-corrected chi connectivity index (χ0v) is 16.4. The summed E-state index contributed by atoms with van der Waals surface area (Å²) in [6, 6.07) is 13.7. The van der Waals surface area contributed by atoms with Gasteiger partial charge in [0.1, 0.15) is 5.69 Å². The molecule has 4 rings (SSSR count). The van der Waals surface area contributed by atoms with Gasteiger partial charge >= 0.3 is 0 Å². The van der Waals surface area contributed by atoms with Crippen LogP contribution in [-0.2, 0) is 11.2 Å². The average molecular weight is 378 g/mol. The van der Waals surface area contributed by atoms with Crippen LogP contribution in [0.2, 0.25) is 0 Å². The summed E-state index contributed by atoms with van der Waals surface area (Å²) < 4.78 is 5.28. The van der Waals surface area contributed by atoms with E-state index in [1.165, 1.54) is 11.3 Å². The number of aryl methyl sites for hydroxylation is 1. The fourth-order valence-electron chi connectivity index (χ4n) is 3.82. The first kappa shape index (κ1) is 18.5. The van der Waals surface area contributed by atoms with E-state index in [-0.39, 0.29) is 12.3 Å². The Morgan fingerprint density at radius 2 is 1.93 bits per heavy atom. The number of piperazine rings is 1. The molecule has 1 amide bonds. The van der Waals surface area contributed by atoms with Gasteiger partial charge in [0, 0.05) is 42.9 Å². The van der Waals surface area contributed by atoms with Crippen molar-refractivity contribution in [2.24, 2.45) is 0 Å². The molecule has 2 aromatic carbocycles. The molecule has 1 aliphatic heterocycles. The predicted octanol–water partition coefficient (Wildman–Crippen LogP) is 3.46. The van der Waals surface area contributed by atoms with Gasteiger partial charge in [-0.2, -0.15) is 0 Å². The maximum absolute atomic E-state index is 12.5. The van der Waals surface area contributed by atoms with Gasteiger partial charge in [-0.1, -0.05) is 24.2 Å². The molecule has 0 spiro atoms. The largest absolute Gasteiger partial charge is 0.369 e. The van der Waals surface area contributed by atoms with Crippen LogP contribution in [0, 0.1) is 6.92 Å². The van der Waals surface area contributed by atoms with E-state index < -0.39 is 0 Å². The smallest absolute Gasteiger partial charge is 0.230 e. The summed E-state index contributed by atoms with van der Waals surface area (Å²) in [6.07, 6.45) is 0.191. The van der Waals surface area contributed by atoms with Gasteiger partial charge in [-0.3, -0.25) is 4.79 Å². The fourth-order valence-corrected chi connectivity index (χ4v) is 3.82. The Hall–Kier alpha value is -2.86. The van der Waals surface area contributed by atoms with Crippen molar-refractivity contribution < 1.29 is 9.32 Å². The number of aromatic nitrogens is 1. The molecular weight excluding hydrogens is 352 g/mol. The first-order valence-corrected chi connectivity index (χ1v) is 9.85. The Kier molecular flexibility index (Phi) is 5.30. The van der Waals surface area contributed by atoms with E-state index >= 15 is 0 Å². The van der Waals surface area contributed by atoms with Gasteiger partial charge in [-0.05, 0) is 49.4 Å². The molecule has 6 nitrogen and oxygen atoms in total. The van der Waals surface area contributed by atoms with Crippen molar-refractivity contribution in [3.8, 4) is 0 Å². The van der Waals surface area contributed by atoms with Gasteiger partial charge in [-0.25, -0.2) is 0 Å². The number of benzene rings is 2. The first-order valence-electron chi connectivity index (χ1n) is 9.85. The highest BCUT2D eigenvalue weighted by Gasteiger charge is 2.18. The Labute approximate surface area is 165 Å². The monoisotopic (exact) mass is 378 g/mol. The number of rotatable bonds is 5. The Bertz CT molecular complexity index is 974. The van der Waals surface area contributed by atoms with Crippen molar-refractivity contribution >= 4 is 28.3 Å². The van der Waals surface area contributed by atoms with Crippen LogP contribution < -0.4 is 10.2 Å². The molecule has 146 valence electrons. The van der Waals surface area contributed by atoms with Crippen molar-refractivity contribution in [3.63, 3.8) is 0 Å². The Balaban J connectivity index is 1.41. The van der Waals surface area contributed by atoms with Crippen LogP contribution in [0.15, 0.2) is 47.0 Å². The van der Waals surface area contributed by atoms with Gasteiger partial charge in [0.15, 0.2) is 5.58 Å². The van der Waals surface area contributed by atoms with Crippen molar-refractivity contribution in [3.05, 3.63) is 53.7 Å². The Morgan fingerprint density at radius 1 is 1.14 bits per heavy atom. The highest BCUT2D eigenvalue weighted by Crippen LogP contribution is 2.25. The minimum Gasteiger partial charge on any atom is -0.369 e. The van der Waals surface area contributed by atoms with E-state index in [2.05, 4.69) is 40.2 Å². The lowest BCUT2D eigenvalue weighted by Crippen LogP contribution is -2.46. The number of nitrogens with one attached hydrogen (secondary N) is 1. The normalized spacial score (nSPS) is 15.1. The second kappa shape index (κ2) is 8.02. The molecule has 0 unspecified atom stereocenters. The van der Waals surface area contributed by atoms with Crippen LogP contribution in [-0.4, -0.2) is 48.7 Å². The quantitative estimate of drug-likeness (QED) is 0.737. The lowest BCUT2D eigenvalue weighted by atomic mass is 10.1. The summed E-state index contributed by atoms with van der Waals surface area (Å²) in [5.41, 5.74) is 4.60.